The smallest absolute Gasteiger partial charge is 0.178 e. The van der Waals surface area contributed by atoms with Gasteiger partial charge in [-0.1, -0.05) is 30.3 Å². The fraction of sp³-hybridized carbons (Fsp3) is 0.150. The molecule has 0 atom stereocenters. The van der Waals surface area contributed by atoms with Gasteiger partial charge in [-0.2, -0.15) is 0 Å². The lowest BCUT2D eigenvalue weighted by Gasteiger charge is -2.09. The average Bonchev–Trinajstić information content (AvgIpc) is 2.64. The maximum atomic E-state index is 12.0. The summed E-state index contributed by atoms with van der Waals surface area (Å²) in [7, 11) is 4.76. The van der Waals surface area contributed by atoms with Crippen molar-refractivity contribution < 1.29 is 19.0 Å². The lowest BCUT2D eigenvalue weighted by molar-refractivity contribution is -0.110. The number of ketones is 1. The number of ether oxygens (including phenoxy) is 3. The van der Waals surface area contributed by atoms with Crippen LogP contribution >= 0.6 is 0 Å². The molecular formula is C20H20O4. The summed E-state index contributed by atoms with van der Waals surface area (Å²) in [5.74, 6) is 1.85. The first-order valence-electron chi connectivity index (χ1n) is 7.43. The second-order valence-corrected chi connectivity index (χ2v) is 4.93. The van der Waals surface area contributed by atoms with E-state index in [4.69, 9.17) is 14.2 Å². The summed E-state index contributed by atoms with van der Waals surface area (Å²) >= 11 is 0. The summed E-state index contributed by atoms with van der Waals surface area (Å²) in [4.78, 5) is 12.0. The van der Waals surface area contributed by atoms with Crippen molar-refractivity contribution in [3.63, 3.8) is 0 Å². The maximum absolute atomic E-state index is 12.0. The van der Waals surface area contributed by atoms with Gasteiger partial charge in [0, 0.05) is 5.56 Å². The summed E-state index contributed by atoms with van der Waals surface area (Å²) in [5.41, 5.74) is 1.68. The first-order chi connectivity index (χ1) is 11.7. The van der Waals surface area contributed by atoms with E-state index in [1.54, 1.807) is 39.5 Å². The van der Waals surface area contributed by atoms with Gasteiger partial charge in [0.05, 0.1) is 21.3 Å². The Labute approximate surface area is 142 Å². The summed E-state index contributed by atoms with van der Waals surface area (Å²) in [6, 6.07) is 13.0. The zero-order chi connectivity index (χ0) is 17.4. The van der Waals surface area contributed by atoms with Gasteiger partial charge >= 0.3 is 0 Å². The van der Waals surface area contributed by atoms with E-state index in [1.807, 2.05) is 36.4 Å². The zero-order valence-electron chi connectivity index (χ0n) is 14.0. The first-order valence-corrected chi connectivity index (χ1v) is 7.43. The lowest BCUT2D eigenvalue weighted by Crippen LogP contribution is -1.93. The molecular weight excluding hydrogens is 304 g/mol. The SMILES string of the molecule is COc1cccc(C=CC(=O)C=Cc2cccc(OC)c2OC)c1. The molecule has 0 saturated carbocycles. The van der Waals surface area contributed by atoms with E-state index in [0.29, 0.717) is 11.5 Å². The van der Waals surface area contributed by atoms with Crippen molar-refractivity contribution in [3.05, 3.63) is 65.7 Å². The van der Waals surface area contributed by atoms with Crippen LogP contribution in [-0.4, -0.2) is 27.1 Å². The van der Waals surface area contributed by atoms with E-state index < -0.39 is 0 Å². The molecule has 4 heteroatoms. The highest BCUT2D eigenvalue weighted by Crippen LogP contribution is 2.31. The van der Waals surface area contributed by atoms with Gasteiger partial charge in [0.15, 0.2) is 17.3 Å². The summed E-state index contributed by atoms with van der Waals surface area (Å²) in [6.45, 7) is 0. The Hall–Kier alpha value is -3.01. The molecule has 2 rings (SSSR count). The number of hydrogen-bond donors (Lipinski definition) is 0. The van der Waals surface area contributed by atoms with Crippen LogP contribution in [0.15, 0.2) is 54.6 Å². The van der Waals surface area contributed by atoms with Crippen LogP contribution in [0.2, 0.25) is 0 Å². The van der Waals surface area contributed by atoms with Crippen LogP contribution in [0.1, 0.15) is 11.1 Å². The van der Waals surface area contributed by atoms with E-state index in [0.717, 1.165) is 16.9 Å². The number of carbonyl (C=O) groups excluding carboxylic acids is 1. The molecule has 0 unspecified atom stereocenters. The van der Waals surface area contributed by atoms with Crippen LogP contribution in [0.25, 0.3) is 12.2 Å². The molecule has 2 aromatic carbocycles. The molecule has 0 amide bonds. The topological polar surface area (TPSA) is 44.8 Å². The quantitative estimate of drug-likeness (QED) is 0.722. The molecule has 0 bridgehead atoms. The molecule has 0 radical (unpaired) electrons. The monoisotopic (exact) mass is 324 g/mol. The van der Waals surface area contributed by atoms with Gasteiger partial charge in [-0.15, -0.1) is 0 Å². The molecule has 4 nitrogen and oxygen atoms in total. The second-order valence-electron chi connectivity index (χ2n) is 4.93. The molecule has 0 spiro atoms. The fourth-order valence-electron chi connectivity index (χ4n) is 2.19. The number of hydrogen-bond acceptors (Lipinski definition) is 4. The minimum Gasteiger partial charge on any atom is -0.497 e. The molecule has 0 aromatic heterocycles. The molecule has 0 saturated heterocycles. The Morgan fingerprint density at radius 2 is 1.62 bits per heavy atom. The molecule has 0 aliphatic rings. The van der Waals surface area contributed by atoms with Crippen molar-refractivity contribution in [2.24, 2.45) is 0 Å². The van der Waals surface area contributed by atoms with Crippen LogP contribution < -0.4 is 14.2 Å². The maximum Gasteiger partial charge on any atom is 0.178 e. The van der Waals surface area contributed by atoms with Crippen LogP contribution in [0.3, 0.4) is 0 Å². The van der Waals surface area contributed by atoms with Crippen LogP contribution in [0.5, 0.6) is 17.2 Å². The van der Waals surface area contributed by atoms with Crippen molar-refractivity contribution in [3.8, 4) is 17.2 Å². The third-order valence-corrected chi connectivity index (χ3v) is 3.39. The number of allylic oxidation sites excluding steroid dienone is 2. The third kappa shape index (κ3) is 4.49. The van der Waals surface area contributed by atoms with E-state index >= 15 is 0 Å². The number of carbonyl (C=O) groups is 1. The predicted octanol–water partition coefficient (Wildman–Crippen LogP) is 4.01. The Bertz CT molecular complexity index is 760. The Kier molecular flexibility index (Phi) is 6.20. The standard InChI is InChI=1S/C20H20O4/c1-22-18-8-4-6-15(14-18)10-12-17(21)13-11-16-7-5-9-19(23-2)20(16)24-3/h4-14H,1-3H3. The summed E-state index contributed by atoms with van der Waals surface area (Å²) in [5, 5.41) is 0. The Balaban J connectivity index is 2.12. The van der Waals surface area contributed by atoms with Crippen LogP contribution in [0, 0.1) is 0 Å². The van der Waals surface area contributed by atoms with Gasteiger partial charge in [0.1, 0.15) is 5.75 Å². The number of rotatable bonds is 7. The molecule has 124 valence electrons. The largest absolute Gasteiger partial charge is 0.497 e. The summed E-state index contributed by atoms with van der Waals surface area (Å²) < 4.78 is 15.7. The minimum atomic E-state index is -0.123. The zero-order valence-corrected chi connectivity index (χ0v) is 14.0. The molecule has 0 fully saturated rings. The van der Waals surface area contributed by atoms with Gasteiger partial charge in [0.2, 0.25) is 0 Å². The predicted molar refractivity (Wildman–Crippen MR) is 95.6 cm³/mol. The number of benzene rings is 2. The molecule has 0 aliphatic carbocycles. The molecule has 24 heavy (non-hydrogen) atoms. The number of methoxy groups -OCH3 is 3. The van der Waals surface area contributed by atoms with Gasteiger partial charge < -0.3 is 14.2 Å². The normalized spacial score (nSPS) is 11.0. The van der Waals surface area contributed by atoms with Crippen molar-refractivity contribution in [1.82, 2.24) is 0 Å². The van der Waals surface area contributed by atoms with Crippen LogP contribution in [0.4, 0.5) is 0 Å². The Morgan fingerprint density at radius 3 is 2.33 bits per heavy atom. The second kappa shape index (κ2) is 8.58. The molecule has 0 heterocycles. The van der Waals surface area contributed by atoms with Crippen LogP contribution in [-0.2, 0) is 4.79 Å². The molecule has 0 N–H and O–H groups in total. The average molecular weight is 324 g/mol. The fourth-order valence-corrected chi connectivity index (χ4v) is 2.19. The lowest BCUT2D eigenvalue weighted by atomic mass is 10.1. The molecule has 0 aliphatic heterocycles. The van der Waals surface area contributed by atoms with Crippen molar-refractivity contribution in [2.45, 2.75) is 0 Å². The highest BCUT2D eigenvalue weighted by molar-refractivity contribution is 6.04. The van der Waals surface area contributed by atoms with Gasteiger partial charge in [-0.25, -0.2) is 0 Å². The number of para-hydroxylation sites is 1. The van der Waals surface area contributed by atoms with Gasteiger partial charge in [0.25, 0.3) is 0 Å². The third-order valence-electron chi connectivity index (χ3n) is 3.39. The highest BCUT2D eigenvalue weighted by atomic mass is 16.5. The summed E-state index contributed by atoms with van der Waals surface area (Å²) in [6.07, 6.45) is 6.46. The minimum absolute atomic E-state index is 0.123. The molecule has 2 aromatic rings. The van der Waals surface area contributed by atoms with E-state index in [-0.39, 0.29) is 5.78 Å². The van der Waals surface area contributed by atoms with E-state index in [9.17, 15) is 4.79 Å². The van der Waals surface area contributed by atoms with Crippen molar-refractivity contribution in [2.75, 3.05) is 21.3 Å². The van der Waals surface area contributed by atoms with Gasteiger partial charge in [-0.3, -0.25) is 4.79 Å². The Morgan fingerprint density at radius 1 is 0.875 bits per heavy atom. The van der Waals surface area contributed by atoms with E-state index in [1.165, 1.54) is 12.2 Å². The van der Waals surface area contributed by atoms with E-state index in [2.05, 4.69) is 0 Å². The first kappa shape index (κ1) is 17.3. The van der Waals surface area contributed by atoms with Gasteiger partial charge in [-0.05, 0) is 42.0 Å². The van der Waals surface area contributed by atoms with Crippen molar-refractivity contribution in [1.29, 1.82) is 0 Å². The highest BCUT2D eigenvalue weighted by Gasteiger charge is 2.06. The van der Waals surface area contributed by atoms with Crippen molar-refractivity contribution >= 4 is 17.9 Å².